The SMILES string of the molecule is CC(C)(C)C(=O)N(C(=O)C(C)(C)C)c1cc(O)cc2c1C1(OC(=O)c3ccccc31)c1ccc(O)cc1O2. The highest BCUT2D eigenvalue weighted by Crippen LogP contribution is 2.60. The van der Waals surface area contributed by atoms with Crippen LogP contribution >= 0.6 is 0 Å². The molecule has 3 aromatic rings. The van der Waals surface area contributed by atoms with Crippen LogP contribution in [0.5, 0.6) is 23.0 Å². The van der Waals surface area contributed by atoms with Gasteiger partial charge in [-0.1, -0.05) is 59.7 Å². The number of anilines is 1. The van der Waals surface area contributed by atoms with E-state index in [1.54, 1.807) is 71.9 Å². The fourth-order valence-electron chi connectivity index (χ4n) is 4.92. The number of benzene rings is 3. The summed E-state index contributed by atoms with van der Waals surface area (Å²) in [5.74, 6) is -1.66. The molecule has 2 aliphatic heterocycles. The van der Waals surface area contributed by atoms with Crippen molar-refractivity contribution < 1.29 is 34.1 Å². The van der Waals surface area contributed by atoms with Gasteiger partial charge in [0.2, 0.25) is 11.8 Å². The Morgan fingerprint density at radius 3 is 2.03 bits per heavy atom. The fourth-order valence-corrected chi connectivity index (χ4v) is 4.92. The number of ether oxygens (including phenoxy) is 2. The lowest BCUT2D eigenvalue weighted by atomic mass is 9.76. The van der Waals surface area contributed by atoms with Crippen LogP contribution in [-0.4, -0.2) is 28.0 Å². The summed E-state index contributed by atoms with van der Waals surface area (Å²) in [6, 6.07) is 13.9. The Balaban J connectivity index is 1.93. The number of phenolic OH excluding ortho intramolecular Hbond substituents is 2. The number of fused-ring (bicyclic) bond motifs is 6. The standard InChI is InChI=1S/C30H29NO7/c1-28(2,3)26(35)31(27(36)29(4,5)6)21-13-17(33)15-23-24(21)30(20-12-11-16(32)14-22(20)37-23)19-10-8-7-9-18(19)25(34)38-30/h7-15,32-33H,1-6H3. The van der Waals surface area contributed by atoms with Crippen molar-refractivity contribution in [2.24, 2.45) is 10.8 Å². The Kier molecular flexibility index (Phi) is 5.39. The Morgan fingerprint density at radius 1 is 0.789 bits per heavy atom. The number of hydrogen-bond acceptors (Lipinski definition) is 7. The van der Waals surface area contributed by atoms with Crippen molar-refractivity contribution >= 4 is 23.5 Å². The topological polar surface area (TPSA) is 113 Å². The van der Waals surface area contributed by atoms with Gasteiger partial charge in [-0.2, -0.15) is 0 Å². The van der Waals surface area contributed by atoms with E-state index in [2.05, 4.69) is 0 Å². The summed E-state index contributed by atoms with van der Waals surface area (Å²) in [4.78, 5) is 42.1. The number of phenols is 2. The predicted octanol–water partition coefficient (Wildman–Crippen LogP) is 5.62. The molecule has 2 aliphatic rings. The first-order valence-electron chi connectivity index (χ1n) is 12.3. The summed E-state index contributed by atoms with van der Waals surface area (Å²) in [6.45, 7) is 10.2. The van der Waals surface area contributed by atoms with Crippen LogP contribution in [0.15, 0.2) is 54.6 Å². The summed E-state index contributed by atoms with van der Waals surface area (Å²) in [5, 5.41) is 21.0. The van der Waals surface area contributed by atoms with E-state index >= 15 is 0 Å². The van der Waals surface area contributed by atoms with E-state index in [4.69, 9.17) is 9.47 Å². The lowest BCUT2D eigenvalue weighted by molar-refractivity contribution is -0.134. The molecule has 5 rings (SSSR count). The highest BCUT2D eigenvalue weighted by Gasteiger charge is 2.56. The van der Waals surface area contributed by atoms with Crippen LogP contribution in [0.4, 0.5) is 5.69 Å². The molecule has 2 heterocycles. The second-order valence-electron chi connectivity index (χ2n) is 11.7. The van der Waals surface area contributed by atoms with Crippen LogP contribution in [0.25, 0.3) is 0 Å². The zero-order valence-corrected chi connectivity index (χ0v) is 22.1. The zero-order chi connectivity index (χ0) is 27.8. The minimum absolute atomic E-state index is 0.0445. The van der Waals surface area contributed by atoms with Crippen molar-refractivity contribution in [2.75, 3.05) is 4.90 Å². The maximum atomic E-state index is 13.9. The van der Waals surface area contributed by atoms with Crippen LogP contribution in [0.3, 0.4) is 0 Å². The smallest absolute Gasteiger partial charge is 0.340 e. The molecule has 1 unspecified atom stereocenters. The van der Waals surface area contributed by atoms with Gasteiger partial charge in [-0.05, 0) is 18.2 Å². The van der Waals surface area contributed by atoms with Crippen LogP contribution < -0.4 is 9.64 Å². The van der Waals surface area contributed by atoms with Crippen molar-refractivity contribution in [3.05, 3.63) is 76.9 Å². The summed E-state index contributed by atoms with van der Waals surface area (Å²) in [6.07, 6.45) is 0. The minimum atomic E-state index is -1.62. The first-order chi connectivity index (χ1) is 17.7. The number of imide groups is 1. The van der Waals surface area contributed by atoms with Gasteiger partial charge in [0.25, 0.3) is 0 Å². The van der Waals surface area contributed by atoms with Crippen molar-refractivity contribution in [3.63, 3.8) is 0 Å². The second kappa shape index (κ2) is 8.08. The van der Waals surface area contributed by atoms with Gasteiger partial charge in [-0.3, -0.25) is 9.59 Å². The monoisotopic (exact) mass is 515 g/mol. The van der Waals surface area contributed by atoms with Crippen molar-refractivity contribution in [1.29, 1.82) is 0 Å². The van der Waals surface area contributed by atoms with E-state index in [9.17, 15) is 24.6 Å². The minimum Gasteiger partial charge on any atom is -0.508 e. The molecule has 0 bridgehead atoms. The number of amides is 2. The Hall–Kier alpha value is -4.33. The fraction of sp³-hybridized carbons (Fsp3) is 0.300. The number of carbonyl (C=O) groups is 3. The molecule has 1 spiro atoms. The van der Waals surface area contributed by atoms with E-state index in [0.29, 0.717) is 16.7 Å². The Labute approximate surface area is 220 Å². The zero-order valence-electron chi connectivity index (χ0n) is 22.1. The average Bonchev–Trinajstić information content (AvgIpc) is 3.10. The molecule has 0 fully saturated rings. The molecule has 3 aromatic carbocycles. The van der Waals surface area contributed by atoms with Gasteiger partial charge in [0.15, 0.2) is 5.60 Å². The van der Waals surface area contributed by atoms with Gasteiger partial charge in [0.05, 0.1) is 16.8 Å². The molecule has 0 aliphatic carbocycles. The number of esters is 1. The molecular weight excluding hydrogens is 486 g/mol. The Morgan fingerprint density at radius 2 is 1.39 bits per heavy atom. The summed E-state index contributed by atoms with van der Waals surface area (Å²) in [7, 11) is 0. The maximum absolute atomic E-state index is 13.9. The molecule has 1 atom stereocenters. The largest absolute Gasteiger partial charge is 0.508 e. The number of nitrogens with zero attached hydrogens (tertiary/aromatic N) is 1. The van der Waals surface area contributed by atoms with Gasteiger partial charge >= 0.3 is 5.97 Å². The molecular formula is C30H29NO7. The quantitative estimate of drug-likeness (QED) is 0.405. The number of rotatable bonds is 1. The lowest BCUT2D eigenvalue weighted by Crippen LogP contribution is -2.49. The third-order valence-corrected chi connectivity index (χ3v) is 6.68. The Bertz CT molecular complexity index is 1500. The average molecular weight is 516 g/mol. The molecule has 38 heavy (non-hydrogen) atoms. The van der Waals surface area contributed by atoms with Gasteiger partial charge in [0.1, 0.15) is 23.0 Å². The third-order valence-electron chi connectivity index (χ3n) is 6.68. The summed E-state index contributed by atoms with van der Waals surface area (Å²) in [5.41, 5.74) is -2.10. The molecule has 0 aromatic heterocycles. The molecule has 2 amide bonds. The number of hydrogen-bond donors (Lipinski definition) is 2. The van der Waals surface area contributed by atoms with Gasteiger partial charge < -0.3 is 19.7 Å². The van der Waals surface area contributed by atoms with Crippen LogP contribution in [-0.2, 0) is 19.9 Å². The maximum Gasteiger partial charge on any atom is 0.340 e. The summed E-state index contributed by atoms with van der Waals surface area (Å²) < 4.78 is 12.3. The summed E-state index contributed by atoms with van der Waals surface area (Å²) >= 11 is 0. The predicted molar refractivity (Wildman–Crippen MR) is 139 cm³/mol. The third kappa shape index (κ3) is 3.62. The molecule has 8 nitrogen and oxygen atoms in total. The highest BCUT2D eigenvalue weighted by molar-refractivity contribution is 6.19. The molecule has 2 N–H and O–H groups in total. The van der Waals surface area contributed by atoms with E-state index in [0.717, 1.165) is 4.90 Å². The van der Waals surface area contributed by atoms with E-state index in [1.165, 1.54) is 24.3 Å². The van der Waals surface area contributed by atoms with E-state index < -0.39 is 34.2 Å². The normalized spacial score (nSPS) is 17.7. The molecule has 0 saturated carbocycles. The first-order valence-corrected chi connectivity index (χ1v) is 12.3. The first kappa shape index (κ1) is 25.3. The van der Waals surface area contributed by atoms with Crippen molar-refractivity contribution in [1.82, 2.24) is 0 Å². The molecule has 8 heteroatoms. The van der Waals surface area contributed by atoms with Crippen molar-refractivity contribution in [2.45, 2.75) is 47.1 Å². The number of carbonyl (C=O) groups excluding carboxylic acids is 3. The molecule has 196 valence electrons. The van der Waals surface area contributed by atoms with Crippen LogP contribution in [0.1, 0.15) is 68.6 Å². The number of aromatic hydroxyl groups is 2. The highest BCUT2D eigenvalue weighted by atomic mass is 16.6. The second-order valence-corrected chi connectivity index (χ2v) is 11.7. The van der Waals surface area contributed by atoms with Crippen LogP contribution in [0, 0.1) is 10.8 Å². The molecule has 0 saturated heterocycles. The van der Waals surface area contributed by atoms with E-state index in [-0.39, 0.29) is 34.2 Å². The lowest BCUT2D eigenvalue weighted by Gasteiger charge is -2.41. The van der Waals surface area contributed by atoms with Gasteiger partial charge in [-0.25, -0.2) is 9.69 Å². The van der Waals surface area contributed by atoms with Gasteiger partial charge in [0, 0.05) is 40.2 Å². The van der Waals surface area contributed by atoms with Crippen LogP contribution in [0.2, 0.25) is 0 Å². The van der Waals surface area contributed by atoms with E-state index in [1.807, 2.05) is 0 Å². The van der Waals surface area contributed by atoms with Gasteiger partial charge in [-0.15, -0.1) is 0 Å². The molecule has 0 radical (unpaired) electrons. The van der Waals surface area contributed by atoms with Crippen molar-refractivity contribution in [3.8, 4) is 23.0 Å².